The second kappa shape index (κ2) is 6.74. The Morgan fingerprint density at radius 1 is 1.19 bits per heavy atom. The quantitative estimate of drug-likeness (QED) is 0.846. The molecule has 0 aliphatic heterocycles. The molecule has 1 aliphatic carbocycles. The van der Waals surface area contributed by atoms with Gasteiger partial charge >= 0.3 is 5.97 Å². The molecule has 0 aromatic heterocycles. The Morgan fingerprint density at radius 3 is 2.48 bits per heavy atom. The number of hydrogen-bond donors (Lipinski definition) is 2. The number of hydrogen-bond acceptors (Lipinski definition) is 2. The van der Waals surface area contributed by atoms with E-state index in [2.05, 4.69) is 5.32 Å². The summed E-state index contributed by atoms with van der Waals surface area (Å²) in [6.45, 7) is 2.53. The first-order chi connectivity index (χ1) is 10.0. The zero-order chi connectivity index (χ0) is 15.3. The van der Waals surface area contributed by atoms with Crippen molar-refractivity contribution in [3.63, 3.8) is 0 Å². The Labute approximate surface area is 125 Å². The largest absolute Gasteiger partial charge is 0.481 e. The van der Waals surface area contributed by atoms with Crippen LogP contribution in [0.25, 0.3) is 0 Å². The Bertz CT molecular complexity index is 519. The second-order valence-electron chi connectivity index (χ2n) is 6.16. The summed E-state index contributed by atoms with van der Waals surface area (Å²) in [5.74, 6) is -0.843. The Morgan fingerprint density at radius 2 is 1.86 bits per heavy atom. The summed E-state index contributed by atoms with van der Waals surface area (Å²) >= 11 is 0. The number of amides is 1. The number of aliphatic carboxylic acids is 1. The standard InChI is InChI=1S/C17H23NO3/c1-13-6-2-3-7-14(13)12-18-15(19)10-17(11-16(20)21)8-4-5-9-17/h2-3,6-7H,4-5,8-12H2,1H3,(H,18,19)(H,20,21). The summed E-state index contributed by atoms with van der Waals surface area (Å²) in [6, 6.07) is 7.95. The van der Waals surface area contributed by atoms with E-state index in [4.69, 9.17) is 5.11 Å². The van der Waals surface area contributed by atoms with Crippen LogP contribution in [0.5, 0.6) is 0 Å². The fourth-order valence-electron chi connectivity index (χ4n) is 3.27. The first-order valence-corrected chi connectivity index (χ1v) is 7.54. The molecule has 0 heterocycles. The van der Waals surface area contributed by atoms with E-state index < -0.39 is 5.97 Å². The molecule has 1 aromatic rings. The third-order valence-corrected chi connectivity index (χ3v) is 4.46. The topological polar surface area (TPSA) is 66.4 Å². The highest BCUT2D eigenvalue weighted by Crippen LogP contribution is 2.44. The summed E-state index contributed by atoms with van der Waals surface area (Å²) in [7, 11) is 0. The van der Waals surface area contributed by atoms with Crippen molar-refractivity contribution < 1.29 is 14.7 Å². The lowest BCUT2D eigenvalue weighted by Gasteiger charge is -2.26. The summed E-state index contributed by atoms with van der Waals surface area (Å²) < 4.78 is 0. The average molecular weight is 289 g/mol. The molecule has 1 amide bonds. The molecular formula is C17H23NO3. The van der Waals surface area contributed by atoms with Gasteiger partial charge in [0, 0.05) is 13.0 Å². The molecule has 4 heteroatoms. The molecule has 0 atom stereocenters. The van der Waals surface area contributed by atoms with E-state index in [9.17, 15) is 9.59 Å². The number of benzene rings is 1. The van der Waals surface area contributed by atoms with Crippen molar-refractivity contribution in [2.75, 3.05) is 0 Å². The van der Waals surface area contributed by atoms with Crippen LogP contribution in [0.2, 0.25) is 0 Å². The van der Waals surface area contributed by atoms with Crippen LogP contribution in [0.1, 0.15) is 49.7 Å². The summed E-state index contributed by atoms with van der Waals surface area (Å²) in [4.78, 5) is 23.2. The molecule has 1 aromatic carbocycles. The van der Waals surface area contributed by atoms with Crippen LogP contribution in [0.3, 0.4) is 0 Å². The van der Waals surface area contributed by atoms with Crippen molar-refractivity contribution in [1.29, 1.82) is 0 Å². The lowest BCUT2D eigenvalue weighted by molar-refractivity contribution is -0.140. The van der Waals surface area contributed by atoms with Crippen molar-refractivity contribution in [3.05, 3.63) is 35.4 Å². The van der Waals surface area contributed by atoms with E-state index in [-0.39, 0.29) is 17.7 Å². The molecule has 0 spiro atoms. The Balaban J connectivity index is 1.91. The molecule has 2 rings (SSSR count). The van der Waals surface area contributed by atoms with Crippen LogP contribution in [-0.4, -0.2) is 17.0 Å². The van der Waals surface area contributed by atoms with Crippen molar-refractivity contribution in [2.24, 2.45) is 5.41 Å². The van der Waals surface area contributed by atoms with E-state index in [0.29, 0.717) is 13.0 Å². The first-order valence-electron chi connectivity index (χ1n) is 7.54. The summed E-state index contributed by atoms with van der Waals surface area (Å²) in [5, 5.41) is 12.0. The van der Waals surface area contributed by atoms with E-state index in [0.717, 1.165) is 36.8 Å². The fraction of sp³-hybridized carbons (Fsp3) is 0.529. The van der Waals surface area contributed by atoms with Gasteiger partial charge in [-0.1, -0.05) is 37.1 Å². The molecule has 1 saturated carbocycles. The molecule has 4 nitrogen and oxygen atoms in total. The van der Waals surface area contributed by atoms with Crippen molar-refractivity contribution in [2.45, 2.75) is 52.0 Å². The molecule has 21 heavy (non-hydrogen) atoms. The van der Waals surface area contributed by atoms with E-state index in [1.807, 2.05) is 31.2 Å². The maximum Gasteiger partial charge on any atom is 0.303 e. The summed E-state index contributed by atoms with van der Waals surface area (Å²) in [6.07, 6.45) is 4.17. The van der Waals surface area contributed by atoms with Crippen LogP contribution in [0, 0.1) is 12.3 Å². The van der Waals surface area contributed by atoms with E-state index in [1.165, 1.54) is 0 Å². The van der Waals surface area contributed by atoms with E-state index >= 15 is 0 Å². The predicted octanol–water partition coefficient (Wildman–Crippen LogP) is 3.04. The van der Waals surface area contributed by atoms with Crippen LogP contribution >= 0.6 is 0 Å². The van der Waals surface area contributed by atoms with Crippen molar-refractivity contribution in [3.8, 4) is 0 Å². The maximum atomic E-state index is 12.2. The minimum atomic E-state index is -0.802. The lowest BCUT2D eigenvalue weighted by Crippen LogP contribution is -2.31. The zero-order valence-electron chi connectivity index (χ0n) is 12.5. The molecular weight excluding hydrogens is 266 g/mol. The predicted molar refractivity (Wildman–Crippen MR) is 80.8 cm³/mol. The third-order valence-electron chi connectivity index (χ3n) is 4.46. The lowest BCUT2D eigenvalue weighted by atomic mass is 9.79. The smallest absolute Gasteiger partial charge is 0.303 e. The average Bonchev–Trinajstić information content (AvgIpc) is 2.85. The van der Waals surface area contributed by atoms with Crippen LogP contribution < -0.4 is 5.32 Å². The Hall–Kier alpha value is -1.84. The van der Waals surface area contributed by atoms with Crippen LogP contribution in [0.15, 0.2) is 24.3 Å². The fourth-order valence-corrected chi connectivity index (χ4v) is 3.27. The molecule has 0 saturated heterocycles. The monoisotopic (exact) mass is 289 g/mol. The van der Waals surface area contributed by atoms with Crippen LogP contribution in [-0.2, 0) is 16.1 Å². The van der Waals surface area contributed by atoms with Gasteiger partial charge in [0.1, 0.15) is 0 Å². The highest BCUT2D eigenvalue weighted by atomic mass is 16.4. The van der Waals surface area contributed by atoms with Crippen molar-refractivity contribution >= 4 is 11.9 Å². The SMILES string of the molecule is Cc1ccccc1CNC(=O)CC1(CC(=O)O)CCCC1. The van der Waals surface area contributed by atoms with Gasteiger partial charge in [-0.2, -0.15) is 0 Å². The molecule has 0 radical (unpaired) electrons. The van der Waals surface area contributed by atoms with Crippen LogP contribution in [0.4, 0.5) is 0 Å². The molecule has 1 aliphatic rings. The van der Waals surface area contributed by atoms with E-state index in [1.54, 1.807) is 0 Å². The number of carboxylic acids is 1. The van der Waals surface area contributed by atoms with Gasteiger partial charge in [-0.15, -0.1) is 0 Å². The van der Waals surface area contributed by atoms with Gasteiger partial charge < -0.3 is 10.4 Å². The van der Waals surface area contributed by atoms with Gasteiger partial charge in [-0.3, -0.25) is 9.59 Å². The minimum absolute atomic E-state index is 0.0404. The zero-order valence-corrected chi connectivity index (χ0v) is 12.5. The summed E-state index contributed by atoms with van der Waals surface area (Å²) in [5.41, 5.74) is 1.92. The molecule has 0 unspecified atom stereocenters. The third kappa shape index (κ3) is 4.31. The number of carbonyl (C=O) groups is 2. The molecule has 114 valence electrons. The number of aryl methyl sites for hydroxylation is 1. The number of carboxylic acid groups (broad SMARTS) is 1. The maximum absolute atomic E-state index is 12.2. The van der Waals surface area contributed by atoms with Gasteiger partial charge in [0.25, 0.3) is 0 Å². The second-order valence-corrected chi connectivity index (χ2v) is 6.16. The normalized spacial score (nSPS) is 16.6. The van der Waals surface area contributed by atoms with Gasteiger partial charge in [0.15, 0.2) is 0 Å². The highest BCUT2D eigenvalue weighted by Gasteiger charge is 2.37. The van der Waals surface area contributed by atoms with Gasteiger partial charge in [0.05, 0.1) is 6.42 Å². The molecule has 1 fully saturated rings. The van der Waals surface area contributed by atoms with Crippen molar-refractivity contribution in [1.82, 2.24) is 5.32 Å². The number of nitrogens with one attached hydrogen (secondary N) is 1. The van der Waals surface area contributed by atoms with Gasteiger partial charge in [0.2, 0.25) is 5.91 Å². The molecule has 2 N–H and O–H groups in total. The van der Waals surface area contributed by atoms with Gasteiger partial charge in [-0.25, -0.2) is 0 Å². The first kappa shape index (κ1) is 15.5. The Kier molecular flexibility index (Phi) is 4.99. The minimum Gasteiger partial charge on any atom is -0.481 e. The molecule has 0 bridgehead atoms. The van der Waals surface area contributed by atoms with Gasteiger partial charge in [-0.05, 0) is 36.3 Å². The number of rotatable bonds is 6. The highest BCUT2D eigenvalue weighted by molar-refractivity contribution is 5.78. The number of carbonyl (C=O) groups excluding carboxylic acids is 1.